The van der Waals surface area contributed by atoms with Crippen molar-refractivity contribution in [1.29, 1.82) is 0 Å². The minimum absolute atomic E-state index is 0.00334. The van der Waals surface area contributed by atoms with Gasteiger partial charge in [-0.15, -0.1) is 11.3 Å². The van der Waals surface area contributed by atoms with Crippen molar-refractivity contribution in [2.45, 2.75) is 13.3 Å². The Morgan fingerprint density at radius 2 is 2.04 bits per heavy atom. The molecule has 0 aliphatic heterocycles. The molecule has 6 nitrogen and oxygen atoms in total. The number of thiophene rings is 1. The molecule has 2 aromatic rings. The highest BCUT2D eigenvalue weighted by molar-refractivity contribution is 7.09. The van der Waals surface area contributed by atoms with Gasteiger partial charge in [-0.05, 0) is 42.5 Å². The molecule has 0 unspecified atom stereocenters. The molecule has 0 saturated heterocycles. The maximum Gasteiger partial charge on any atom is 0.319 e. The summed E-state index contributed by atoms with van der Waals surface area (Å²) in [7, 11) is 1.57. The number of benzene rings is 1. The van der Waals surface area contributed by atoms with Crippen molar-refractivity contribution in [3.63, 3.8) is 0 Å². The van der Waals surface area contributed by atoms with E-state index in [0.717, 1.165) is 6.42 Å². The first-order valence-corrected chi connectivity index (χ1v) is 8.93. The third-order valence-corrected chi connectivity index (χ3v) is 4.83. The number of carbonyl (C=O) groups is 2. The van der Waals surface area contributed by atoms with E-state index in [4.69, 9.17) is 0 Å². The molecule has 7 heteroatoms. The van der Waals surface area contributed by atoms with Gasteiger partial charge in [0.05, 0.1) is 0 Å². The van der Waals surface area contributed by atoms with Crippen LogP contribution in [-0.2, 0) is 6.42 Å². The number of urea groups is 1. The Hall–Kier alpha value is -2.38. The van der Waals surface area contributed by atoms with Crippen LogP contribution in [0.2, 0.25) is 0 Å². The summed E-state index contributed by atoms with van der Waals surface area (Å²) in [6, 6.07) is 8.80. The fourth-order valence-electron chi connectivity index (χ4n) is 2.47. The van der Waals surface area contributed by atoms with Gasteiger partial charge >= 0.3 is 6.03 Å². The minimum atomic E-state index is -0.359. The molecule has 1 aromatic carbocycles. The van der Waals surface area contributed by atoms with Crippen molar-refractivity contribution >= 4 is 29.0 Å². The van der Waals surface area contributed by atoms with Crippen molar-refractivity contribution in [1.82, 2.24) is 10.6 Å². The zero-order valence-electron chi connectivity index (χ0n) is 14.3. The summed E-state index contributed by atoms with van der Waals surface area (Å²) in [4.78, 5) is 25.1. The van der Waals surface area contributed by atoms with Crippen LogP contribution in [0.5, 0.6) is 0 Å². The van der Waals surface area contributed by atoms with Crippen LogP contribution < -0.4 is 16.0 Å². The van der Waals surface area contributed by atoms with Gasteiger partial charge in [-0.25, -0.2) is 4.79 Å². The fourth-order valence-corrected chi connectivity index (χ4v) is 3.29. The lowest BCUT2D eigenvalue weighted by Gasteiger charge is -2.16. The van der Waals surface area contributed by atoms with E-state index in [1.807, 2.05) is 17.5 Å². The smallest absolute Gasteiger partial charge is 0.319 e. The van der Waals surface area contributed by atoms with E-state index < -0.39 is 0 Å². The minimum Gasteiger partial charge on any atom is -0.396 e. The third-order valence-electron chi connectivity index (χ3n) is 3.93. The molecule has 1 heterocycles. The van der Waals surface area contributed by atoms with Gasteiger partial charge in [0.2, 0.25) is 0 Å². The largest absolute Gasteiger partial charge is 0.396 e. The molecule has 1 aromatic heterocycles. The van der Waals surface area contributed by atoms with E-state index in [-0.39, 0.29) is 24.5 Å². The molecule has 0 aliphatic carbocycles. The average molecular weight is 361 g/mol. The van der Waals surface area contributed by atoms with Gasteiger partial charge in [0.1, 0.15) is 0 Å². The fraction of sp³-hybridized carbons (Fsp3) is 0.333. The number of carbonyl (C=O) groups excluding carboxylic acids is 2. The number of rotatable bonds is 7. The molecule has 0 saturated carbocycles. The number of aliphatic hydroxyl groups excluding tert-OH is 1. The van der Waals surface area contributed by atoms with Gasteiger partial charge < -0.3 is 21.1 Å². The van der Waals surface area contributed by atoms with Crippen LogP contribution >= 0.6 is 11.3 Å². The maximum absolute atomic E-state index is 12.1. The highest BCUT2D eigenvalue weighted by Crippen LogP contribution is 2.19. The van der Waals surface area contributed by atoms with Crippen molar-refractivity contribution < 1.29 is 14.7 Å². The van der Waals surface area contributed by atoms with Crippen LogP contribution in [-0.4, -0.2) is 37.2 Å². The average Bonchev–Trinajstić information content (AvgIpc) is 3.12. The quantitative estimate of drug-likeness (QED) is 0.610. The molecule has 0 bridgehead atoms. The normalized spacial score (nSPS) is 11.6. The number of aliphatic hydroxyl groups is 1. The Kier molecular flexibility index (Phi) is 6.97. The van der Waals surface area contributed by atoms with Crippen LogP contribution in [0.15, 0.2) is 35.7 Å². The van der Waals surface area contributed by atoms with E-state index in [9.17, 15) is 14.7 Å². The summed E-state index contributed by atoms with van der Waals surface area (Å²) in [5, 5.41) is 19.6. The topological polar surface area (TPSA) is 90.5 Å². The highest BCUT2D eigenvalue weighted by Gasteiger charge is 2.14. The summed E-state index contributed by atoms with van der Waals surface area (Å²) in [6.45, 7) is 2.16. The lowest BCUT2D eigenvalue weighted by Crippen LogP contribution is -2.35. The molecule has 134 valence electrons. The first-order chi connectivity index (χ1) is 12.0. The van der Waals surface area contributed by atoms with E-state index in [0.29, 0.717) is 23.4 Å². The summed E-state index contributed by atoms with van der Waals surface area (Å²) < 4.78 is 0. The van der Waals surface area contributed by atoms with Crippen LogP contribution in [0.25, 0.3) is 0 Å². The molecule has 0 fully saturated rings. The van der Waals surface area contributed by atoms with Crippen molar-refractivity contribution in [2.24, 2.45) is 5.92 Å². The molecular weight excluding hydrogens is 338 g/mol. The zero-order chi connectivity index (χ0) is 18.2. The summed E-state index contributed by atoms with van der Waals surface area (Å²) in [5.41, 5.74) is 1.80. The number of hydrogen-bond acceptors (Lipinski definition) is 4. The first kappa shape index (κ1) is 19.0. The lowest BCUT2D eigenvalue weighted by atomic mass is 10.1. The standard InChI is InChI=1S/C18H23N3O3S/c1-12-15(17(23)19-2)6-3-7-16(12)21-18(24)20-10-13(11-22)9-14-5-4-8-25-14/h3-8,13,22H,9-11H2,1-2H3,(H,19,23)(H2,20,21,24)/t13-/m1/s1. The van der Waals surface area contributed by atoms with Crippen LogP contribution in [0.3, 0.4) is 0 Å². The van der Waals surface area contributed by atoms with E-state index in [1.54, 1.807) is 43.5 Å². The predicted octanol–water partition coefficient (Wildman–Crippen LogP) is 2.39. The lowest BCUT2D eigenvalue weighted by molar-refractivity contribution is 0.0962. The van der Waals surface area contributed by atoms with Crippen molar-refractivity contribution in [3.05, 3.63) is 51.7 Å². The number of hydrogen-bond donors (Lipinski definition) is 4. The zero-order valence-corrected chi connectivity index (χ0v) is 15.2. The first-order valence-electron chi connectivity index (χ1n) is 8.05. The monoisotopic (exact) mass is 361 g/mol. The Labute approximate surface area is 151 Å². The van der Waals surface area contributed by atoms with Crippen LogP contribution in [0.1, 0.15) is 20.8 Å². The van der Waals surface area contributed by atoms with Gasteiger partial charge in [-0.3, -0.25) is 4.79 Å². The molecule has 3 amide bonds. The molecule has 2 rings (SSSR count). The van der Waals surface area contributed by atoms with Crippen molar-refractivity contribution in [2.75, 3.05) is 25.5 Å². The number of anilines is 1. The molecule has 1 atom stereocenters. The highest BCUT2D eigenvalue weighted by atomic mass is 32.1. The third kappa shape index (κ3) is 5.30. The Bertz CT molecular complexity index is 716. The van der Waals surface area contributed by atoms with Gasteiger partial charge in [-0.2, -0.15) is 0 Å². The molecular formula is C18H23N3O3S. The second-order valence-corrected chi connectivity index (χ2v) is 6.76. The summed E-state index contributed by atoms with van der Waals surface area (Å²) >= 11 is 1.63. The van der Waals surface area contributed by atoms with Crippen LogP contribution in [0, 0.1) is 12.8 Å². The molecule has 25 heavy (non-hydrogen) atoms. The molecule has 0 radical (unpaired) electrons. The van der Waals surface area contributed by atoms with Gasteiger partial charge in [0, 0.05) is 42.2 Å². The number of amides is 3. The molecule has 4 N–H and O–H groups in total. The summed E-state index contributed by atoms with van der Waals surface area (Å²) in [6.07, 6.45) is 0.722. The second kappa shape index (κ2) is 9.19. The Morgan fingerprint density at radius 1 is 1.24 bits per heavy atom. The second-order valence-electron chi connectivity index (χ2n) is 5.72. The predicted molar refractivity (Wildman–Crippen MR) is 100 cm³/mol. The maximum atomic E-state index is 12.1. The van der Waals surface area contributed by atoms with Gasteiger partial charge in [0.15, 0.2) is 0 Å². The molecule has 0 aliphatic rings. The van der Waals surface area contributed by atoms with Crippen LogP contribution in [0.4, 0.5) is 10.5 Å². The Morgan fingerprint density at radius 3 is 2.68 bits per heavy atom. The number of nitrogens with one attached hydrogen (secondary N) is 3. The summed E-state index contributed by atoms with van der Waals surface area (Å²) in [5.74, 6) is -0.236. The van der Waals surface area contributed by atoms with E-state index in [1.165, 1.54) is 4.88 Å². The van der Waals surface area contributed by atoms with Crippen molar-refractivity contribution in [3.8, 4) is 0 Å². The van der Waals surface area contributed by atoms with E-state index in [2.05, 4.69) is 16.0 Å². The van der Waals surface area contributed by atoms with Gasteiger partial charge in [0.25, 0.3) is 5.91 Å². The SMILES string of the molecule is CNC(=O)c1cccc(NC(=O)NC[C@H](CO)Cc2cccs2)c1C. The van der Waals surface area contributed by atoms with Gasteiger partial charge in [-0.1, -0.05) is 12.1 Å². The Balaban J connectivity index is 1.92. The molecule has 0 spiro atoms. The van der Waals surface area contributed by atoms with E-state index >= 15 is 0 Å².